The minimum absolute atomic E-state index is 0.00283. The molecular formula is C22H25N3O4. The van der Waals surface area contributed by atoms with Gasteiger partial charge in [-0.25, -0.2) is 0 Å². The van der Waals surface area contributed by atoms with Gasteiger partial charge in [-0.05, 0) is 42.0 Å². The molecular weight excluding hydrogens is 370 g/mol. The lowest BCUT2D eigenvalue weighted by Gasteiger charge is -2.37. The van der Waals surface area contributed by atoms with Crippen molar-refractivity contribution >= 4 is 17.3 Å². The van der Waals surface area contributed by atoms with E-state index in [-0.39, 0.29) is 5.91 Å². The van der Waals surface area contributed by atoms with E-state index in [1.54, 1.807) is 14.2 Å². The second kappa shape index (κ2) is 8.43. The van der Waals surface area contributed by atoms with Crippen LogP contribution in [-0.2, 0) is 9.63 Å². The zero-order valence-electron chi connectivity index (χ0n) is 16.7. The van der Waals surface area contributed by atoms with Crippen LogP contribution in [0.15, 0.2) is 53.7 Å². The number of rotatable bonds is 5. The third-order valence-electron chi connectivity index (χ3n) is 5.38. The van der Waals surface area contributed by atoms with Crippen LogP contribution in [0.2, 0.25) is 0 Å². The number of carbonyl (C=O) groups excluding carboxylic acids is 1. The predicted molar refractivity (Wildman–Crippen MR) is 111 cm³/mol. The van der Waals surface area contributed by atoms with Gasteiger partial charge in [0.15, 0.2) is 0 Å². The highest BCUT2D eigenvalue weighted by Gasteiger charge is 2.34. The first-order chi connectivity index (χ1) is 14.2. The van der Waals surface area contributed by atoms with Gasteiger partial charge >= 0.3 is 0 Å². The van der Waals surface area contributed by atoms with E-state index in [0.717, 1.165) is 41.6 Å². The second-order valence-corrected chi connectivity index (χ2v) is 7.05. The lowest BCUT2D eigenvalue weighted by Crippen LogP contribution is -2.51. The number of hydrogen-bond acceptors (Lipinski definition) is 6. The van der Waals surface area contributed by atoms with Gasteiger partial charge < -0.3 is 24.1 Å². The van der Waals surface area contributed by atoms with Crippen LogP contribution in [0.4, 0.5) is 5.69 Å². The van der Waals surface area contributed by atoms with E-state index in [2.05, 4.69) is 10.1 Å². The summed E-state index contributed by atoms with van der Waals surface area (Å²) in [6.45, 7) is 2.80. The van der Waals surface area contributed by atoms with E-state index >= 15 is 0 Å². The minimum Gasteiger partial charge on any atom is -0.497 e. The molecule has 1 saturated heterocycles. The van der Waals surface area contributed by atoms with Crippen molar-refractivity contribution in [1.82, 2.24) is 4.90 Å². The highest BCUT2D eigenvalue weighted by molar-refractivity contribution is 6.04. The molecule has 7 nitrogen and oxygen atoms in total. The molecule has 0 unspecified atom stereocenters. The molecule has 0 spiro atoms. The maximum atomic E-state index is 12.9. The quantitative estimate of drug-likeness (QED) is 0.779. The van der Waals surface area contributed by atoms with Crippen LogP contribution in [0.5, 0.6) is 11.5 Å². The molecule has 2 aromatic carbocycles. The maximum Gasteiger partial charge on any atom is 0.267 e. The summed E-state index contributed by atoms with van der Waals surface area (Å²) in [7, 11) is 3.31. The summed E-state index contributed by atoms with van der Waals surface area (Å²) >= 11 is 0. The minimum atomic E-state index is -0.551. The molecule has 4 rings (SSSR count). The number of amides is 1. The molecule has 0 aliphatic carbocycles. The number of anilines is 1. The number of para-hydroxylation sites is 2. The van der Waals surface area contributed by atoms with Gasteiger partial charge in [0.05, 0.1) is 25.6 Å². The Kier molecular flexibility index (Phi) is 5.55. The number of nitrogens with zero attached hydrogens (tertiary/aromatic N) is 3. The average Bonchev–Trinajstić information content (AvgIpc) is 3.29. The monoisotopic (exact) mass is 395 g/mol. The molecule has 2 heterocycles. The first-order valence-corrected chi connectivity index (χ1v) is 9.73. The van der Waals surface area contributed by atoms with Crippen molar-refractivity contribution in [2.24, 2.45) is 5.16 Å². The zero-order chi connectivity index (χ0) is 20.2. The molecule has 152 valence electrons. The molecule has 2 aromatic rings. The van der Waals surface area contributed by atoms with Crippen LogP contribution in [-0.4, -0.2) is 63.0 Å². The van der Waals surface area contributed by atoms with E-state index in [0.29, 0.717) is 19.5 Å². The molecule has 0 bridgehead atoms. The van der Waals surface area contributed by atoms with E-state index in [1.807, 2.05) is 53.4 Å². The Morgan fingerprint density at radius 1 is 1.00 bits per heavy atom. The summed E-state index contributed by atoms with van der Waals surface area (Å²) in [5.41, 5.74) is 2.80. The summed E-state index contributed by atoms with van der Waals surface area (Å²) < 4.78 is 10.6. The van der Waals surface area contributed by atoms with Crippen LogP contribution < -0.4 is 14.4 Å². The molecule has 0 aromatic heterocycles. The van der Waals surface area contributed by atoms with Gasteiger partial charge in [0.2, 0.25) is 6.10 Å². The van der Waals surface area contributed by atoms with Crippen molar-refractivity contribution in [3.05, 3.63) is 54.1 Å². The SMILES string of the molecule is COc1ccc(C2=NO[C@H](C(=O)N3CCN(c4ccccc4OC)CC3)C2)cc1. The first-order valence-electron chi connectivity index (χ1n) is 9.73. The number of methoxy groups -OCH3 is 2. The molecule has 7 heteroatoms. The molecule has 1 fully saturated rings. The number of oxime groups is 1. The summed E-state index contributed by atoms with van der Waals surface area (Å²) in [5.74, 6) is 1.63. The first kappa shape index (κ1) is 19.1. The summed E-state index contributed by atoms with van der Waals surface area (Å²) in [6.07, 6.45) is -0.0670. The van der Waals surface area contributed by atoms with Crippen molar-refractivity contribution < 1.29 is 19.1 Å². The van der Waals surface area contributed by atoms with Crippen LogP contribution in [0.25, 0.3) is 0 Å². The Labute approximate surface area is 170 Å². The third-order valence-corrected chi connectivity index (χ3v) is 5.38. The third kappa shape index (κ3) is 3.99. The van der Waals surface area contributed by atoms with Gasteiger partial charge in [0.25, 0.3) is 5.91 Å². The summed E-state index contributed by atoms with van der Waals surface area (Å²) in [6, 6.07) is 15.6. The molecule has 1 atom stereocenters. The van der Waals surface area contributed by atoms with Crippen LogP contribution in [0, 0.1) is 0 Å². The zero-order valence-corrected chi connectivity index (χ0v) is 16.7. The Morgan fingerprint density at radius 2 is 1.72 bits per heavy atom. The van der Waals surface area contributed by atoms with Gasteiger partial charge in [-0.1, -0.05) is 17.3 Å². The van der Waals surface area contributed by atoms with Gasteiger partial charge in [0, 0.05) is 32.6 Å². The molecule has 2 aliphatic rings. The van der Waals surface area contributed by atoms with Crippen molar-refractivity contribution in [2.45, 2.75) is 12.5 Å². The Hall–Kier alpha value is -3.22. The number of piperazine rings is 1. The van der Waals surface area contributed by atoms with E-state index in [1.165, 1.54) is 0 Å². The Bertz CT molecular complexity index is 889. The standard InChI is InChI=1S/C22H25N3O4/c1-27-17-9-7-16(8-10-17)18-15-21(29-23-18)22(26)25-13-11-24(12-14-25)19-5-3-4-6-20(19)28-2/h3-10,21H,11-15H2,1-2H3/t21-/m0/s1. The highest BCUT2D eigenvalue weighted by atomic mass is 16.6. The number of hydrogen-bond donors (Lipinski definition) is 0. The summed E-state index contributed by atoms with van der Waals surface area (Å²) in [5, 5.41) is 4.15. The largest absolute Gasteiger partial charge is 0.497 e. The summed E-state index contributed by atoms with van der Waals surface area (Å²) in [4.78, 5) is 22.5. The molecule has 29 heavy (non-hydrogen) atoms. The molecule has 1 amide bonds. The van der Waals surface area contributed by atoms with Crippen LogP contribution in [0.1, 0.15) is 12.0 Å². The molecule has 0 N–H and O–H groups in total. The van der Waals surface area contributed by atoms with E-state index < -0.39 is 6.10 Å². The number of ether oxygens (including phenoxy) is 2. The molecule has 0 saturated carbocycles. The van der Waals surface area contributed by atoms with Crippen molar-refractivity contribution in [3.8, 4) is 11.5 Å². The fourth-order valence-electron chi connectivity index (χ4n) is 3.73. The smallest absolute Gasteiger partial charge is 0.267 e. The van der Waals surface area contributed by atoms with Gasteiger partial charge in [-0.3, -0.25) is 4.79 Å². The lowest BCUT2D eigenvalue weighted by atomic mass is 10.0. The molecule has 2 aliphatic heterocycles. The topological polar surface area (TPSA) is 63.6 Å². The van der Waals surface area contributed by atoms with Crippen molar-refractivity contribution in [3.63, 3.8) is 0 Å². The van der Waals surface area contributed by atoms with Gasteiger partial charge in [-0.2, -0.15) is 0 Å². The lowest BCUT2D eigenvalue weighted by molar-refractivity contribution is -0.142. The van der Waals surface area contributed by atoms with Crippen LogP contribution in [0.3, 0.4) is 0 Å². The normalized spacial score (nSPS) is 18.8. The predicted octanol–water partition coefficient (Wildman–Crippen LogP) is 2.55. The van der Waals surface area contributed by atoms with Crippen molar-refractivity contribution in [2.75, 3.05) is 45.3 Å². The van der Waals surface area contributed by atoms with E-state index in [9.17, 15) is 4.79 Å². The van der Waals surface area contributed by atoms with Crippen LogP contribution >= 0.6 is 0 Å². The maximum absolute atomic E-state index is 12.9. The Balaban J connectivity index is 1.33. The average molecular weight is 395 g/mol. The fraction of sp³-hybridized carbons (Fsp3) is 0.364. The Morgan fingerprint density at radius 3 is 2.41 bits per heavy atom. The molecule has 0 radical (unpaired) electrons. The number of carbonyl (C=O) groups is 1. The fourth-order valence-corrected chi connectivity index (χ4v) is 3.73. The van der Waals surface area contributed by atoms with E-state index in [4.69, 9.17) is 14.3 Å². The highest BCUT2D eigenvalue weighted by Crippen LogP contribution is 2.29. The van der Waals surface area contributed by atoms with Gasteiger partial charge in [-0.15, -0.1) is 0 Å². The van der Waals surface area contributed by atoms with Crippen molar-refractivity contribution in [1.29, 1.82) is 0 Å². The van der Waals surface area contributed by atoms with Gasteiger partial charge in [0.1, 0.15) is 11.5 Å². The second-order valence-electron chi connectivity index (χ2n) is 7.05. The number of benzene rings is 2.